The summed E-state index contributed by atoms with van der Waals surface area (Å²) in [4.78, 5) is 0. The Morgan fingerprint density at radius 2 is 0.961 bits per heavy atom. The fourth-order valence-electron chi connectivity index (χ4n) is 8.55. The molecule has 9 aromatic rings. The van der Waals surface area contributed by atoms with Gasteiger partial charge in [0.25, 0.3) is 0 Å². The molecule has 0 atom stereocenters. The molecule has 1 heterocycles. The molecule has 1 nitrogen and oxygen atoms in total. The van der Waals surface area contributed by atoms with Gasteiger partial charge in [0.1, 0.15) is 0 Å². The lowest BCUT2D eigenvalue weighted by Crippen LogP contribution is -2.28. The monoisotopic (exact) mass is 713 g/mol. The van der Waals surface area contributed by atoms with Gasteiger partial charge < -0.3 is 4.57 Å². The van der Waals surface area contributed by atoms with Crippen molar-refractivity contribution >= 4 is 37.7 Å². The van der Waals surface area contributed by atoms with Crippen molar-refractivity contribution in [1.29, 1.82) is 0 Å². The van der Waals surface area contributed by atoms with Crippen LogP contribution >= 0.6 is 15.9 Å². The van der Waals surface area contributed by atoms with Crippen LogP contribution in [0.5, 0.6) is 0 Å². The normalized spacial score (nSPS) is 13.0. The van der Waals surface area contributed by atoms with Gasteiger partial charge in [-0.05, 0) is 104 Å². The van der Waals surface area contributed by atoms with Crippen LogP contribution in [0.3, 0.4) is 0 Å². The Labute approximate surface area is 306 Å². The number of halogens is 1. The standard InChI is InChI=1S/C49H32BrN/c50-39-20-12-15-35(30-39)33-13-11-14-34(29-33)36-25-28-48-44(31-36)42-22-8-10-24-47(42)51(48)40-26-27-46-43(32-40)41-21-7-9-23-45(41)49(46,37-16-3-1-4-17-37)38-18-5-2-6-19-38/h1-32H. The molecule has 240 valence electrons. The molecule has 0 fully saturated rings. The highest BCUT2D eigenvalue weighted by atomic mass is 79.9. The SMILES string of the molecule is Brc1cccc(-c2cccc(-c3ccc4c(c3)c3ccccc3n4-c3ccc4c(c3)-c3ccccc3C4(c3ccccc3)c3ccccc3)c2)c1. The van der Waals surface area contributed by atoms with Crippen molar-refractivity contribution < 1.29 is 0 Å². The number of para-hydroxylation sites is 1. The van der Waals surface area contributed by atoms with E-state index in [2.05, 4.69) is 215 Å². The molecule has 0 radical (unpaired) electrons. The quantitative estimate of drug-likeness (QED) is 0.167. The van der Waals surface area contributed by atoms with Crippen molar-refractivity contribution in [3.05, 3.63) is 221 Å². The second-order valence-electron chi connectivity index (χ2n) is 13.4. The molecule has 1 aromatic heterocycles. The molecule has 0 amide bonds. The summed E-state index contributed by atoms with van der Waals surface area (Å²) in [6, 6.07) is 71.2. The first kappa shape index (κ1) is 29.9. The summed E-state index contributed by atoms with van der Waals surface area (Å²) in [7, 11) is 0. The van der Waals surface area contributed by atoms with Crippen molar-refractivity contribution in [3.63, 3.8) is 0 Å². The fourth-order valence-corrected chi connectivity index (χ4v) is 8.95. The van der Waals surface area contributed by atoms with Crippen LogP contribution in [-0.4, -0.2) is 4.57 Å². The number of hydrogen-bond acceptors (Lipinski definition) is 0. The molecule has 0 aliphatic heterocycles. The number of nitrogens with zero attached hydrogens (tertiary/aromatic N) is 1. The molecule has 2 heteroatoms. The van der Waals surface area contributed by atoms with Gasteiger partial charge in [-0.2, -0.15) is 0 Å². The van der Waals surface area contributed by atoms with Crippen LogP contribution in [-0.2, 0) is 5.41 Å². The van der Waals surface area contributed by atoms with E-state index in [-0.39, 0.29) is 0 Å². The summed E-state index contributed by atoms with van der Waals surface area (Å²) in [5.74, 6) is 0. The van der Waals surface area contributed by atoms with Crippen LogP contribution in [0.2, 0.25) is 0 Å². The molecule has 0 spiro atoms. The van der Waals surface area contributed by atoms with Crippen LogP contribution in [0.1, 0.15) is 22.3 Å². The lowest BCUT2D eigenvalue weighted by molar-refractivity contribution is 0.768. The molecule has 0 unspecified atom stereocenters. The average molecular weight is 715 g/mol. The minimum atomic E-state index is -0.410. The van der Waals surface area contributed by atoms with E-state index in [1.54, 1.807) is 0 Å². The van der Waals surface area contributed by atoms with E-state index < -0.39 is 5.41 Å². The smallest absolute Gasteiger partial charge is 0.0713 e. The summed E-state index contributed by atoms with van der Waals surface area (Å²) < 4.78 is 3.53. The van der Waals surface area contributed by atoms with E-state index in [9.17, 15) is 0 Å². The Morgan fingerprint density at radius 3 is 1.71 bits per heavy atom. The predicted molar refractivity (Wildman–Crippen MR) is 217 cm³/mol. The second kappa shape index (κ2) is 11.8. The third-order valence-corrected chi connectivity index (χ3v) is 11.2. The zero-order valence-corrected chi connectivity index (χ0v) is 29.4. The lowest BCUT2D eigenvalue weighted by Gasteiger charge is -2.33. The molecule has 0 saturated carbocycles. The Kier molecular flexibility index (Phi) is 6.94. The first-order valence-corrected chi connectivity index (χ1v) is 18.2. The third kappa shape index (κ3) is 4.60. The van der Waals surface area contributed by atoms with Crippen LogP contribution in [0.4, 0.5) is 0 Å². The van der Waals surface area contributed by atoms with Crippen LogP contribution in [0, 0.1) is 0 Å². The maximum absolute atomic E-state index is 3.64. The summed E-state index contributed by atoms with van der Waals surface area (Å²) in [5, 5.41) is 2.50. The van der Waals surface area contributed by atoms with Crippen molar-refractivity contribution in [2.75, 3.05) is 0 Å². The van der Waals surface area contributed by atoms with Crippen molar-refractivity contribution in [2.45, 2.75) is 5.41 Å². The summed E-state index contributed by atoms with van der Waals surface area (Å²) in [5.41, 5.74) is 15.8. The minimum absolute atomic E-state index is 0.410. The van der Waals surface area contributed by atoms with Crippen molar-refractivity contribution in [1.82, 2.24) is 4.57 Å². The Balaban J connectivity index is 1.17. The van der Waals surface area contributed by atoms with Crippen molar-refractivity contribution in [2.24, 2.45) is 0 Å². The fraction of sp³-hybridized carbons (Fsp3) is 0.0204. The molecular formula is C49H32BrN. The zero-order valence-electron chi connectivity index (χ0n) is 27.8. The molecule has 1 aliphatic carbocycles. The van der Waals surface area contributed by atoms with E-state index in [1.807, 2.05) is 0 Å². The van der Waals surface area contributed by atoms with Crippen LogP contribution in [0.15, 0.2) is 199 Å². The van der Waals surface area contributed by atoms with Crippen LogP contribution in [0.25, 0.3) is 60.9 Å². The van der Waals surface area contributed by atoms with Gasteiger partial charge >= 0.3 is 0 Å². The third-order valence-electron chi connectivity index (χ3n) is 10.7. The van der Waals surface area contributed by atoms with Gasteiger partial charge in [-0.3, -0.25) is 0 Å². The maximum atomic E-state index is 3.64. The van der Waals surface area contributed by atoms with E-state index in [1.165, 1.54) is 77.4 Å². The first-order chi connectivity index (χ1) is 25.2. The number of fused-ring (bicyclic) bond motifs is 6. The van der Waals surface area contributed by atoms with Gasteiger partial charge in [-0.25, -0.2) is 0 Å². The highest BCUT2D eigenvalue weighted by molar-refractivity contribution is 9.10. The highest BCUT2D eigenvalue weighted by Crippen LogP contribution is 2.56. The topological polar surface area (TPSA) is 4.93 Å². The maximum Gasteiger partial charge on any atom is 0.0713 e. The Bertz CT molecular complexity index is 2720. The zero-order chi connectivity index (χ0) is 33.9. The lowest BCUT2D eigenvalue weighted by atomic mass is 9.68. The Morgan fingerprint density at radius 1 is 0.373 bits per heavy atom. The van der Waals surface area contributed by atoms with Gasteiger partial charge in [0, 0.05) is 20.9 Å². The molecule has 0 saturated heterocycles. The summed E-state index contributed by atoms with van der Waals surface area (Å²) in [6.45, 7) is 0. The van der Waals surface area contributed by atoms with E-state index in [0.29, 0.717) is 0 Å². The number of aromatic nitrogens is 1. The minimum Gasteiger partial charge on any atom is -0.309 e. The summed E-state index contributed by atoms with van der Waals surface area (Å²) >= 11 is 3.64. The average Bonchev–Trinajstić information content (AvgIpc) is 3.69. The van der Waals surface area contributed by atoms with Gasteiger partial charge in [0.05, 0.1) is 16.4 Å². The van der Waals surface area contributed by atoms with Crippen molar-refractivity contribution in [3.8, 4) is 39.1 Å². The molecule has 0 N–H and O–H groups in total. The van der Waals surface area contributed by atoms with Gasteiger partial charge in [0.2, 0.25) is 0 Å². The Hall–Kier alpha value is -5.96. The predicted octanol–water partition coefficient (Wildman–Crippen LogP) is 13.2. The van der Waals surface area contributed by atoms with Gasteiger partial charge in [-0.15, -0.1) is 0 Å². The molecule has 8 aromatic carbocycles. The van der Waals surface area contributed by atoms with Gasteiger partial charge in [0.15, 0.2) is 0 Å². The molecule has 10 rings (SSSR count). The molecule has 1 aliphatic rings. The molecule has 0 bridgehead atoms. The second-order valence-corrected chi connectivity index (χ2v) is 14.3. The highest BCUT2D eigenvalue weighted by Gasteiger charge is 2.46. The van der Waals surface area contributed by atoms with Gasteiger partial charge in [-0.1, -0.05) is 162 Å². The van der Waals surface area contributed by atoms with E-state index in [4.69, 9.17) is 0 Å². The molecule has 51 heavy (non-hydrogen) atoms. The first-order valence-electron chi connectivity index (χ1n) is 17.5. The van der Waals surface area contributed by atoms with E-state index >= 15 is 0 Å². The number of rotatable bonds is 5. The number of hydrogen-bond donors (Lipinski definition) is 0. The molecular weight excluding hydrogens is 682 g/mol. The van der Waals surface area contributed by atoms with Crippen LogP contribution < -0.4 is 0 Å². The van der Waals surface area contributed by atoms with E-state index in [0.717, 1.165) is 10.2 Å². The largest absolute Gasteiger partial charge is 0.309 e. The number of benzene rings is 8. The summed E-state index contributed by atoms with van der Waals surface area (Å²) in [6.07, 6.45) is 0.